The van der Waals surface area contributed by atoms with Gasteiger partial charge in [0.25, 0.3) is 0 Å². The molecule has 2 fully saturated rings. The SMILES string of the molecule is CCCCCCOc1cccc(N2C(=O)[C@@H]3[C@H](C2=O)[C@H]2C=C[C@H]3C2)c1. The second-order valence-electron chi connectivity index (χ2n) is 7.42. The fourth-order valence-electron chi connectivity index (χ4n) is 4.59. The molecule has 25 heavy (non-hydrogen) atoms. The van der Waals surface area contributed by atoms with Crippen molar-refractivity contribution < 1.29 is 14.3 Å². The third-order valence-electron chi connectivity index (χ3n) is 5.81. The van der Waals surface area contributed by atoms with E-state index in [1.54, 1.807) is 0 Å². The number of benzene rings is 1. The Morgan fingerprint density at radius 3 is 2.44 bits per heavy atom. The summed E-state index contributed by atoms with van der Waals surface area (Å²) in [6, 6.07) is 7.40. The van der Waals surface area contributed by atoms with E-state index in [1.807, 2.05) is 24.3 Å². The predicted octanol–water partition coefficient (Wildman–Crippen LogP) is 3.96. The highest BCUT2D eigenvalue weighted by Crippen LogP contribution is 2.53. The van der Waals surface area contributed by atoms with Gasteiger partial charge in [-0.05, 0) is 36.8 Å². The number of rotatable bonds is 7. The van der Waals surface area contributed by atoms with E-state index in [0.717, 1.165) is 18.6 Å². The highest BCUT2D eigenvalue weighted by molar-refractivity contribution is 6.22. The second kappa shape index (κ2) is 6.66. The molecule has 0 radical (unpaired) electrons. The molecule has 2 aliphatic carbocycles. The van der Waals surface area contributed by atoms with Gasteiger partial charge in [0.15, 0.2) is 0 Å². The van der Waals surface area contributed by atoms with E-state index in [-0.39, 0.29) is 35.5 Å². The molecule has 4 heteroatoms. The molecule has 1 saturated heterocycles. The third-order valence-corrected chi connectivity index (χ3v) is 5.81. The van der Waals surface area contributed by atoms with Crippen LogP contribution < -0.4 is 9.64 Å². The lowest BCUT2D eigenvalue weighted by Crippen LogP contribution is -2.32. The molecule has 132 valence electrons. The zero-order chi connectivity index (χ0) is 17.4. The summed E-state index contributed by atoms with van der Waals surface area (Å²) in [5.41, 5.74) is 0.648. The Kier molecular flexibility index (Phi) is 4.36. The number of imide groups is 1. The number of hydrogen-bond donors (Lipinski definition) is 0. The number of allylic oxidation sites excluding steroid dienone is 2. The number of ether oxygens (including phenoxy) is 1. The van der Waals surface area contributed by atoms with Crippen LogP contribution in [0.15, 0.2) is 36.4 Å². The van der Waals surface area contributed by atoms with Crippen molar-refractivity contribution >= 4 is 17.5 Å². The molecule has 3 aliphatic rings. The molecular weight excluding hydrogens is 314 g/mol. The van der Waals surface area contributed by atoms with E-state index in [0.29, 0.717) is 12.3 Å². The molecule has 1 aliphatic heterocycles. The maximum absolute atomic E-state index is 12.9. The van der Waals surface area contributed by atoms with Crippen LogP contribution in [0.4, 0.5) is 5.69 Å². The largest absolute Gasteiger partial charge is 0.494 e. The maximum Gasteiger partial charge on any atom is 0.238 e. The summed E-state index contributed by atoms with van der Waals surface area (Å²) in [5, 5.41) is 0. The number of nitrogens with zero attached hydrogens (tertiary/aromatic N) is 1. The number of carbonyl (C=O) groups excluding carboxylic acids is 2. The first kappa shape index (κ1) is 16.4. The summed E-state index contributed by atoms with van der Waals surface area (Å²) in [6.07, 6.45) is 9.82. The van der Waals surface area contributed by atoms with Gasteiger partial charge in [0, 0.05) is 6.07 Å². The van der Waals surface area contributed by atoms with Crippen molar-refractivity contribution in [2.45, 2.75) is 39.0 Å². The van der Waals surface area contributed by atoms with Gasteiger partial charge in [0.2, 0.25) is 11.8 Å². The number of amides is 2. The summed E-state index contributed by atoms with van der Waals surface area (Å²) in [7, 11) is 0. The first-order valence-electron chi connectivity index (χ1n) is 9.49. The van der Waals surface area contributed by atoms with E-state index < -0.39 is 0 Å². The molecule has 0 N–H and O–H groups in total. The molecule has 4 atom stereocenters. The van der Waals surface area contributed by atoms with Crippen molar-refractivity contribution in [3.63, 3.8) is 0 Å². The summed E-state index contributed by atoms with van der Waals surface area (Å²) < 4.78 is 5.81. The number of hydrogen-bond acceptors (Lipinski definition) is 3. The average Bonchev–Trinajstić information content (AvgIpc) is 3.29. The fourth-order valence-corrected chi connectivity index (χ4v) is 4.59. The van der Waals surface area contributed by atoms with Crippen LogP contribution in [-0.4, -0.2) is 18.4 Å². The van der Waals surface area contributed by atoms with Crippen LogP contribution in [0, 0.1) is 23.7 Å². The lowest BCUT2D eigenvalue weighted by atomic mass is 9.85. The molecule has 4 nitrogen and oxygen atoms in total. The van der Waals surface area contributed by atoms with Crippen molar-refractivity contribution in [1.29, 1.82) is 0 Å². The summed E-state index contributed by atoms with van der Waals surface area (Å²) >= 11 is 0. The van der Waals surface area contributed by atoms with Gasteiger partial charge in [-0.2, -0.15) is 0 Å². The van der Waals surface area contributed by atoms with E-state index >= 15 is 0 Å². The summed E-state index contributed by atoms with van der Waals surface area (Å²) in [5.74, 6) is 0.845. The van der Waals surface area contributed by atoms with Crippen LogP contribution in [0.1, 0.15) is 39.0 Å². The third kappa shape index (κ3) is 2.78. The highest BCUT2D eigenvalue weighted by atomic mass is 16.5. The molecule has 2 amide bonds. The zero-order valence-electron chi connectivity index (χ0n) is 14.7. The second-order valence-corrected chi connectivity index (χ2v) is 7.42. The lowest BCUT2D eigenvalue weighted by molar-refractivity contribution is -0.123. The van der Waals surface area contributed by atoms with Crippen LogP contribution >= 0.6 is 0 Å². The van der Waals surface area contributed by atoms with Gasteiger partial charge in [-0.1, -0.05) is 44.4 Å². The minimum atomic E-state index is -0.152. The monoisotopic (exact) mass is 339 g/mol. The van der Waals surface area contributed by atoms with Crippen LogP contribution in [-0.2, 0) is 9.59 Å². The number of carbonyl (C=O) groups is 2. The molecule has 4 rings (SSSR count). The molecule has 1 aromatic rings. The first-order chi connectivity index (χ1) is 12.2. The van der Waals surface area contributed by atoms with E-state index in [1.165, 1.54) is 24.2 Å². The van der Waals surface area contributed by atoms with Crippen LogP contribution in [0.25, 0.3) is 0 Å². The molecule has 1 saturated carbocycles. The van der Waals surface area contributed by atoms with E-state index in [4.69, 9.17) is 4.74 Å². The van der Waals surface area contributed by atoms with E-state index in [2.05, 4.69) is 19.1 Å². The minimum Gasteiger partial charge on any atom is -0.494 e. The molecular formula is C21H25NO3. The lowest BCUT2D eigenvalue weighted by Gasteiger charge is -2.18. The molecule has 0 aromatic heterocycles. The van der Waals surface area contributed by atoms with Crippen LogP contribution in [0.2, 0.25) is 0 Å². The van der Waals surface area contributed by atoms with Gasteiger partial charge in [-0.25, -0.2) is 4.90 Å². The maximum atomic E-state index is 12.9. The van der Waals surface area contributed by atoms with Crippen molar-refractivity contribution in [2.24, 2.45) is 23.7 Å². The quantitative estimate of drug-likeness (QED) is 0.429. The van der Waals surface area contributed by atoms with Crippen LogP contribution in [0.5, 0.6) is 5.75 Å². The fraction of sp³-hybridized carbons (Fsp3) is 0.524. The zero-order valence-corrected chi connectivity index (χ0v) is 14.7. The van der Waals surface area contributed by atoms with Gasteiger partial charge in [0.05, 0.1) is 24.1 Å². The van der Waals surface area contributed by atoms with Gasteiger partial charge in [0.1, 0.15) is 5.75 Å². The summed E-state index contributed by atoms with van der Waals surface area (Å²) in [6.45, 7) is 2.86. The summed E-state index contributed by atoms with van der Waals surface area (Å²) in [4.78, 5) is 27.1. The average molecular weight is 339 g/mol. The number of fused-ring (bicyclic) bond motifs is 5. The Morgan fingerprint density at radius 1 is 1.04 bits per heavy atom. The van der Waals surface area contributed by atoms with Crippen molar-refractivity contribution in [3.05, 3.63) is 36.4 Å². The van der Waals surface area contributed by atoms with Crippen LogP contribution in [0.3, 0.4) is 0 Å². The predicted molar refractivity (Wildman–Crippen MR) is 96.3 cm³/mol. The molecule has 0 spiro atoms. The number of anilines is 1. The van der Waals surface area contributed by atoms with Crippen molar-refractivity contribution in [3.8, 4) is 5.75 Å². The Morgan fingerprint density at radius 2 is 1.76 bits per heavy atom. The van der Waals surface area contributed by atoms with Crippen molar-refractivity contribution in [1.82, 2.24) is 0 Å². The molecule has 1 heterocycles. The van der Waals surface area contributed by atoms with Gasteiger partial charge >= 0.3 is 0 Å². The molecule has 0 unspecified atom stereocenters. The topological polar surface area (TPSA) is 46.6 Å². The smallest absolute Gasteiger partial charge is 0.238 e. The number of unbranched alkanes of at least 4 members (excludes halogenated alkanes) is 3. The normalized spacial score (nSPS) is 29.6. The molecule has 1 aromatic carbocycles. The van der Waals surface area contributed by atoms with Gasteiger partial charge < -0.3 is 4.74 Å². The minimum absolute atomic E-state index is 0.0352. The van der Waals surface area contributed by atoms with E-state index in [9.17, 15) is 9.59 Å². The Labute approximate surface area is 148 Å². The van der Waals surface area contributed by atoms with Gasteiger partial charge in [-0.15, -0.1) is 0 Å². The van der Waals surface area contributed by atoms with Crippen molar-refractivity contribution in [2.75, 3.05) is 11.5 Å². The Balaban J connectivity index is 1.46. The Hall–Kier alpha value is -2.10. The molecule has 2 bridgehead atoms. The highest BCUT2D eigenvalue weighted by Gasteiger charge is 2.59. The van der Waals surface area contributed by atoms with Gasteiger partial charge in [-0.3, -0.25) is 9.59 Å². The Bertz CT molecular complexity index is 681. The standard InChI is InChI=1S/C21H25NO3/c1-2-3-4-5-11-25-17-8-6-7-16(13-17)22-20(23)18-14-9-10-15(12-14)19(18)21(22)24/h6-10,13-15,18-19H,2-5,11-12H2,1H3/t14-,15-,18-,19+/m0/s1. The first-order valence-corrected chi connectivity index (χ1v) is 9.49.